The highest BCUT2D eigenvalue weighted by molar-refractivity contribution is 6.28. The first kappa shape index (κ1) is 20.1. The van der Waals surface area contributed by atoms with E-state index in [1.54, 1.807) is 17.1 Å². The van der Waals surface area contributed by atoms with Gasteiger partial charge in [0.05, 0.1) is 23.9 Å². The van der Waals surface area contributed by atoms with E-state index in [0.29, 0.717) is 23.5 Å². The molecule has 0 spiro atoms. The summed E-state index contributed by atoms with van der Waals surface area (Å²) in [5.41, 5.74) is 0.731. The largest absolute Gasteiger partial charge is 0.416 e. The number of H-pyrrole nitrogens is 1. The van der Waals surface area contributed by atoms with E-state index in [0.717, 1.165) is 18.6 Å². The van der Waals surface area contributed by atoms with Gasteiger partial charge in [-0.25, -0.2) is 4.98 Å². The molecule has 3 heterocycles. The van der Waals surface area contributed by atoms with Crippen molar-refractivity contribution in [2.24, 2.45) is 0 Å². The minimum absolute atomic E-state index is 0.0744. The Kier molecular flexibility index (Phi) is 5.10. The molecule has 0 bridgehead atoms. The zero-order valence-electron chi connectivity index (χ0n) is 15.7. The summed E-state index contributed by atoms with van der Waals surface area (Å²) >= 11 is 6.09. The third-order valence-corrected chi connectivity index (χ3v) is 4.83. The van der Waals surface area contributed by atoms with E-state index < -0.39 is 11.7 Å². The molecule has 0 unspecified atom stereocenters. The third kappa shape index (κ3) is 3.82. The number of benzene rings is 1. The second-order valence-electron chi connectivity index (χ2n) is 6.74. The summed E-state index contributed by atoms with van der Waals surface area (Å²) in [5, 5.41) is 4.30. The first-order valence-corrected chi connectivity index (χ1v) is 9.49. The van der Waals surface area contributed by atoms with Crippen LogP contribution in [0.25, 0.3) is 22.6 Å². The van der Waals surface area contributed by atoms with Gasteiger partial charge in [0.25, 0.3) is 5.56 Å². The average molecular weight is 437 g/mol. The lowest BCUT2D eigenvalue weighted by Crippen LogP contribution is -2.22. The average Bonchev–Trinajstić information content (AvgIpc) is 3.32. The van der Waals surface area contributed by atoms with E-state index in [2.05, 4.69) is 20.1 Å². The van der Waals surface area contributed by atoms with Gasteiger partial charge in [0, 0.05) is 12.7 Å². The molecule has 0 saturated carbocycles. The van der Waals surface area contributed by atoms with Crippen molar-refractivity contribution in [3.63, 3.8) is 0 Å². The van der Waals surface area contributed by atoms with Crippen LogP contribution >= 0.6 is 11.6 Å². The molecule has 3 aromatic heterocycles. The Labute approximate surface area is 173 Å². The molecule has 0 fully saturated rings. The number of aromatic nitrogens is 6. The smallest absolute Gasteiger partial charge is 0.332 e. The highest BCUT2D eigenvalue weighted by Crippen LogP contribution is 2.29. The van der Waals surface area contributed by atoms with Gasteiger partial charge in [-0.1, -0.05) is 19.1 Å². The number of hydrogen-bond acceptors (Lipinski definition) is 4. The molecule has 1 N–H and O–H groups in total. The molecule has 30 heavy (non-hydrogen) atoms. The third-order valence-electron chi connectivity index (χ3n) is 4.54. The number of fused-ring (bicyclic) bond motifs is 1. The maximum atomic E-state index is 12.7. The van der Waals surface area contributed by atoms with Crippen LogP contribution < -0.4 is 5.56 Å². The van der Waals surface area contributed by atoms with Gasteiger partial charge >= 0.3 is 6.18 Å². The lowest BCUT2D eigenvalue weighted by Gasteiger charge is -2.07. The van der Waals surface area contributed by atoms with E-state index in [4.69, 9.17) is 11.6 Å². The molecule has 156 valence electrons. The Hall–Kier alpha value is -3.14. The molecular weight excluding hydrogens is 421 g/mol. The number of nitrogens with one attached hydrogen (secondary N) is 1. The van der Waals surface area contributed by atoms with Crippen LogP contribution in [0.3, 0.4) is 0 Å². The fraction of sp³-hybridized carbons (Fsp3) is 0.263. The van der Waals surface area contributed by atoms with Crippen molar-refractivity contribution in [1.29, 1.82) is 0 Å². The summed E-state index contributed by atoms with van der Waals surface area (Å²) in [5.74, 6) is 0.401. The summed E-state index contributed by atoms with van der Waals surface area (Å²) in [7, 11) is 0. The van der Waals surface area contributed by atoms with Gasteiger partial charge in [0.1, 0.15) is 5.82 Å². The molecule has 0 aliphatic rings. The number of halogens is 4. The van der Waals surface area contributed by atoms with E-state index in [1.165, 1.54) is 16.7 Å². The van der Waals surface area contributed by atoms with Crippen molar-refractivity contribution in [3.05, 3.63) is 63.4 Å². The first-order chi connectivity index (χ1) is 14.3. The van der Waals surface area contributed by atoms with Gasteiger partial charge in [-0.3, -0.25) is 14.0 Å². The lowest BCUT2D eigenvalue weighted by atomic mass is 10.1. The molecule has 4 aromatic rings. The van der Waals surface area contributed by atoms with Gasteiger partial charge in [-0.15, -0.1) is 0 Å². The second-order valence-corrected chi connectivity index (χ2v) is 7.08. The molecule has 0 radical (unpaired) electrons. The quantitative estimate of drug-likeness (QED) is 0.477. The Bertz CT molecular complexity index is 1260. The summed E-state index contributed by atoms with van der Waals surface area (Å²) in [6.45, 7) is 2.65. The molecule has 0 atom stereocenters. The molecule has 11 heteroatoms. The number of imidazole rings is 1. The summed E-state index contributed by atoms with van der Waals surface area (Å²) in [6.07, 6.45) is -0.411. The van der Waals surface area contributed by atoms with E-state index >= 15 is 0 Å². The molecule has 1 aromatic carbocycles. The number of nitrogens with zero attached hydrogens (tertiary/aromatic N) is 5. The number of alkyl halides is 3. The maximum Gasteiger partial charge on any atom is 0.416 e. The molecule has 0 aliphatic heterocycles. The fourth-order valence-electron chi connectivity index (χ4n) is 3.07. The standard InChI is InChI=1S/C19H16ClF3N6O/c1-2-7-29-17(30)14-16(27-18(29)20)26-15(25-14)12-8-24-28(10-12)9-11-3-5-13(6-4-11)19(21,22)23/h3-6,8,10H,2,7,9H2,1H3,(H,25,26). The lowest BCUT2D eigenvalue weighted by molar-refractivity contribution is -0.137. The molecular formula is C19H16ClF3N6O. The highest BCUT2D eigenvalue weighted by atomic mass is 35.5. The molecule has 0 amide bonds. The van der Waals surface area contributed by atoms with Crippen LogP contribution in [0.5, 0.6) is 0 Å². The first-order valence-electron chi connectivity index (χ1n) is 9.11. The van der Waals surface area contributed by atoms with Gasteiger partial charge in [-0.2, -0.15) is 23.3 Å². The van der Waals surface area contributed by atoms with E-state index in [-0.39, 0.29) is 28.6 Å². The number of hydrogen-bond donors (Lipinski definition) is 1. The van der Waals surface area contributed by atoms with Crippen molar-refractivity contribution in [2.45, 2.75) is 32.6 Å². The predicted octanol–water partition coefficient (Wildman–Crippen LogP) is 4.11. The molecule has 7 nitrogen and oxygen atoms in total. The van der Waals surface area contributed by atoms with Crippen LogP contribution in [-0.2, 0) is 19.3 Å². The molecule has 0 aliphatic carbocycles. The van der Waals surface area contributed by atoms with Crippen LogP contribution in [0.2, 0.25) is 5.28 Å². The van der Waals surface area contributed by atoms with Gasteiger partial charge in [0.15, 0.2) is 11.2 Å². The SMILES string of the molecule is CCCn1c(Cl)nc2nc(-c3cnn(Cc4ccc(C(F)(F)F)cc4)c3)[nH]c2c1=O. The molecule has 4 rings (SSSR count). The Morgan fingerprint density at radius 1 is 1.17 bits per heavy atom. The van der Waals surface area contributed by atoms with Crippen LogP contribution in [0.15, 0.2) is 41.5 Å². The minimum atomic E-state index is -4.37. The van der Waals surface area contributed by atoms with Crippen LogP contribution in [0.4, 0.5) is 13.2 Å². The number of aromatic amines is 1. The van der Waals surface area contributed by atoms with Crippen molar-refractivity contribution >= 4 is 22.8 Å². The van der Waals surface area contributed by atoms with Crippen LogP contribution in [-0.4, -0.2) is 29.3 Å². The van der Waals surface area contributed by atoms with Gasteiger partial charge < -0.3 is 4.98 Å². The zero-order chi connectivity index (χ0) is 21.5. The van der Waals surface area contributed by atoms with E-state index in [9.17, 15) is 18.0 Å². The fourth-order valence-corrected chi connectivity index (χ4v) is 3.31. The van der Waals surface area contributed by atoms with Gasteiger partial charge in [-0.05, 0) is 35.7 Å². The van der Waals surface area contributed by atoms with Crippen LogP contribution in [0, 0.1) is 0 Å². The Morgan fingerprint density at radius 2 is 1.90 bits per heavy atom. The van der Waals surface area contributed by atoms with Gasteiger partial charge in [0.2, 0.25) is 5.28 Å². The number of rotatable bonds is 5. The minimum Gasteiger partial charge on any atom is -0.332 e. The summed E-state index contributed by atoms with van der Waals surface area (Å²) in [6, 6.07) is 4.90. The Morgan fingerprint density at radius 3 is 2.57 bits per heavy atom. The second kappa shape index (κ2) is 7.60. The predicted molar refractivity (Wildman–Crippen MR) is 105 cm³/mol. The van der Waals surface area contributed by atoms with E-state index in [1.807, 2.05) is 6.92 Å². The summed E-state index contributed by atoms with van der Waals surface area (Å²) in [4.78, 5) is 24.1. The van der Waals surface area contributed by atoms with Crippen molar-refractivity contribution in [2.75, 3.05) is 0 Å². The highest BCUT2D eigenvalue weighted by Gasteiger charge is 2.29. The van der Waals surface area contributed by atoms with Crippen molar-refractivity contribution in [1.82, 2.24) is 29.3 Å². The topological polar surface area (TPSA) is 81.4 Å². The normalized spacial score (nSPS) is 12.0. The maximum absolute atomic E-state index is 12.7. The zero-order valence-corrected chi connectivity index (χ0v) is 16.5. The van der Waals surface area contributed by atoms with Crippen molar-refractivity contribution in [3.8, 4) is 11.4 Å². The Balaban J connectivity index is 1.60. The van der Waals surface area contributed by atoms with Crippen LogP contribution in [0.1, 0.15) is 24.5 Å². The summed E-state index contributed by atoms with van der Waals surface area (Å²) < 4.78 is 41.0. The molecule has 0 saturated heterocycles. The monoisotopic (exact) mass is 436 g/mol. The van der Waals surface area contributed by atoms with Crippen molar-refractivity contribution < 1.29 is 13.2 Å².